The Bertz CT molecular complexity index is 196. The van der Waals surface area contributed by atoms with Crippen molar-refractivity contribution in [1.29, 1.82) is 0 Å². The third-order valence-corrected chi connectivity index (χ3v) is 4.83. The molecule has 0 aromatic carbocycles. The van der Waals surface area contributed by atoms with Gasteiger partial charge in [-0.3, -0.25) is 4.90 Å². The number of nitrogens with zero attached hydrogens (tertiary/aromatic N) is 1. The van der Waals surface area contributed by atoms with E-state index in [0.717, 1.165) is 5.92 Å². The first-order valence-corrected chi connectivity index (χ1v) is 8.87. The fourth-order valence-electron chi connectivity index (χ4n) is 3.67. The monoisotopic (exact) mass is 267 g/mol. The van der Waals surface area contributed by atoms with Gasteiger partial charge in [0.15, 0.2) is 0 Å². The largest absolute Gasteiger partial charge is 0.299 e. The van der Waals surface area contributed by atoms with Gasteiger partial charge in [0.05, 0.1) is 0 Å². The molecule has 1 nitrogen and oxygen atoms in total. The molecule has 1 heteroatoms. The van der Waals surface area contributed by atoms with E-state index in [1.54, 1.807) is 0 Å². The second-order valence-corrected chi connectivity index (χ2v) is 7.13. The summed E-state index contributed by atoms with van der Waals surface area (Å²) in [6, 6.07) is 1.39. The van der Waals surface area contributed by atoms with Crippen LogP contribution in [-0.4, -0.2) is 23.5 Å². The normalized spacial score (nSPS) is 17.8. The molecular weight excluding hydrogens is 230 g/mol. The highest BCUT2D eigenvalue weighted by Gasteiger charge is 2.13. The molecule has 0 N–H and O–H groups in total. The van der Waals surface area contributed by atoms with Crippen molar-refractivity contribution in [2.75, 3.05) is 6.54 Å². The van der Waals surface area contributed by atoms with Gasteiger partial charge >= 0.3 is 0 Å². The predicted octanol–water partition coefficient (Wildman–Crippen LogP) is 5.64. The molecule has 0 aromatic heterocycles. The van der Waals surface area contributed by atoms with Crippen LogP contribution in [0.3, 0.4) is 0 Å². The molecule has 0 spiro atoms. The molecule has 0 aromatic rings. The van der Waals surface area contributed by atoms with Gasteiger partial charge in [-0.05, 0) is 46.6 Å². The molecule has 1 aliphatic carbocycles. The molecule has 1 aliphatic rings. The van der Waals surface area contributed by atoms with E-state index >= 15 is 0 Å². The maximum absolute atomic E-state index is 2.63. The van der Waals surface area contributed by atoms with Gasteiger partial charge < -0.3 is 0 Å². The summed E-state index contributed by atoms with van der Waals surface area (Å²) in [6.07, 6.45) is 14.8. The van der Waals surface area contributed by atoms with Gasteiger partial charge in [-0.15, -0.1) is 0 Å². The fraction of sp³-hybridized carbons (Fsp3) is 1.00. The Hall–Kier alpha value is -0.0400. The smallest absolute Gasteiger partial charge is 0.00412 e. The van der Waals surface area contributed by atoms with Gasteiger partial charge in [-0.25, -0.2) is 0 Å². The van der Waals surface area contributed by atoms with E-state index in [9.17, 15) is 0 Å². The van der Waals surface area contributed by atoms with Crippen molar-refractivity contribution >= 4 is 0 Å². The minimum Gasteiger partial charge on any atom is -0.299 e. The van der Waals surface area contributed by atoms with Crippen LogP contribution in [0.1, 0.15) is 91.9 Å². The summed E-state index contributed by atoms with van der Waals surface area (Å²) in [6.45, 7) is 10.6. The summed E-state index contributed by atoms with van der Waals surface area (Å²) in [7, 11) is 0. The van der Waals surface area contributed by atoms with Gasteiger partial charge in [0.2, 0.25) is 0 Å². The van der Waals surface area contributed by atoms with E-state index in [1.807, 2.05) is 0 Å². The van der Waals surface area contributed by atoms with Gasteiger partial charge in [0.1, 0.15) is 0 Å². The second kappa shape index (κ2) is 9.80. The lowest BCUT2D eigenvalue weighted by Crippen LogP contribution is -2.37. The number of hydrogen-bond donors (Lipinski definition) is 0. The highest BCUT2D eigenvalue weighted by atomic mass is 15.2. The quantitative estimate of drug-likeness (QED) is 0.489. The zero-order valence-electron chi connectivity index (χ0n) is 14.0. The van der Waals surface area contributed by atoms with Crippen molar-refractivity contribution in [3.63, 3.8) is 0 Å². The Labute approximate surface area is 122 Å². The van der Waals surface area contributed by atoms with Crippen molar-refractivity contribution in [1.82, 2.24) is 4.90 Å². The van der Waals surface area contributed by atoms with E-state index in [2.05, 4.69) is 32.6 Å². The summed E-state index contributed by atoms with van der Waals surface area (Å²) >= 11 is 0. The average molecular weight is 268 g/mol. The first kappa shape index (κ1) is 17.0. The molecule has 1 saturated carbocycles. The van der Waals surface area contributed by atoms with Crippen molar-refractivity contribution < 1.29 is 0 Å². The molecule has 0 radical (unpaired) electrons. The van der Waals surface area contributed by atoms with Gasteiger partial charge in [0, 0.05) is 12.1 Å². The molecule has 0 bridgehead atoms. The number of rotatable bonds is 9. The summed E-state index contributed by atoms with van der Waals surface area (Å²) in [4.78, 5) is 2.63. The summed E-state index contributed by atoms with van der Waals surface area (Å²) in [5, 5.41) is 0. The third-order valence-electron chi connectivity index (χ3n) is 4.83. The van der Waals surface area contributed by atoms with Gasteiger partial charge in [0.25, 0.3) is 0 Å². The zero-order chi connectivity index (χ0) is 14.1. The number of hydrogen-bond acceptors (Lipinski definition) is 1. The Morgan fingerprint density at radius 3 is 1.95 bits per heavy atom. The maximum Gasteiger partial charge on any atom is 0.00412 e. The van der Waals surface area contributed by atoms with E-state index < -0.39 is 0 Å². The highest BCUT2D eigenvalue weighted by molar-refractivity contribution is 4.68. The van der Waals surface area contributed by atoms with Crippen LogP contribution in [-0.2, 0) is 0 Å². The molecule has 0 aliphatic heterocycles. The first-order valence-electron chi connectivity index (χ1n) is 8.87. The zero-order valence-corrected chi connectivity index (χ0v) is 14.0. The molecule has 0 unspecified atom stereocenters. The van der Waals surface area contributed by atoms with Crippen molar-refractivity contribution in [3.8, 4) is 0 Å². The summed E-state index contributed by atoms with van der Waals surface area (Å²) in [5.74, 6) is 1.08. The van der Waals surface area contributed by atoms with Crippen molar-refractivity contribution in [2.45, 2.75) is 104 Å². The summed E-state index contributed by atoms with van der Waals surface area (Å²) in [5.41, 5.74) is 0. The van der Waals surface area contributed by atoms with Crippen LogP contribution in [0.25, 0.3) is 0 Å². The Kier molecular flexibility index (Phi) is 8.77. The lowest BCUT2D eigenvalue weighted by molar-refractivity contribution is 0.171. The van der Waals surface area contributed by atoms with Crippen LogP contribution < -0.4 is 0 Å². The molecule has 0 heterocycles. The topological polar surface area (TPSA) is 3.24 Å². The van der Waals surface area contributed by atoms with E-state index in [0.29, 0.717) is 12.1 Å². The molecule has 0 saturated heterocycles. The van der Waals surface area contributed by atoms with Gasteiger partial charge in [-0.1, -0.05) is 57.8 Å². The first-order chi connectivity index (χ1) is 9.11. The van der Waals surface area contributed by atoms with Crippen LogP contribution in [0.5, 0.6) is 0 Å². The van der Waals surface area contributed by atoms with E-state index in [1.165, 1.54) is 70.8 Å². The maximum atomic E-state index is 2.63. The van der Waals surface area contributed by atoms with Crippen LogP contribution in [0.4, 0.5) is 0 Å². The molecule has 19 heavy (non-hydrogen) atoms. The average Bonchev–Trinajstić information content (AvgIpc) is 2.38. The van der Waals surface area contributed by atoms with Gasteiger partial charge in [-0.2, -0.15) is 0 Å². The Morgan fingerprint density at radius 1 is 0.789 bits per heavy atom. The van der Waals surface area contributed by atoms with Crippen LogP contribution in [0, 0.1) is 5.92 Å². The summed E-state index contributed by atoms with van der Waals surface area (Å²) < 4.78 is 0. The lowest BCUT2D eigenvalue weighted by Gasteiger charge is -2.30. The van der Waals surface area contributed by atoms with E-state index in [4.69, 9.17) is 0 Å². The molecular formula is C18H37N. The van der Waals surface area contributed by atoms with Crippen LogP contribution in [0.2, 0.25) is 0 Å². The highest BCUT2D eigenvalue weighted by Crippen LogP contribution is 2.28. The third kappa shape index (κ3) is 7.34. The lowest BCUT2D eigenvalue weighted by atomic mass is 9.85. The minimum absolute atomic E-state index is 0.697. The fourth-order valence-corrected chi connectivity index (χ4v) is 3.67. The second-order valence-electron chi connectivity index (χ2n) is 7.13. The van der Waals surface area contributed by atoms with Crippen LogP contribution in [0.15, 0.2) is 0 Å². The van der Waals surface area contributed by atoms with E-state index in [-0.39, 0.29) is 0 Å². The van der Waals surface area contributed by atoms with Crippen molar-refractivity contribution in [3.05, 3.63) is 0 Å². The molecule has 1 fully saturated rings. The van der Waals surface area contributed by atoms with Crippen molar-refractivity contribution in [2.24, 2.45) is 5.92 Å². The van der Waals surface area contributed by atoms with Crippen LogP contribution >= 0.6 is 0 Å². The Balaban J connectivity index is 1.98. The Morgan fingerprint density at radius 2 is 1.37 bits per heavy atom. The molecule has 0 atom stereocenters. The number of unbranched alkanes of at least 4 members (excludes halogenated alkanes) is 3. The molecule has 1 rings (SSSR count). The minimum atomic E-state index is 0.697. The predicted molar refractivity (Wildman–Crippen MR) is 86.6 cm³/mol. The molecule has 114 valence electrons. The standard InChI is InChI=1S/C18H37N/c1-16(2)19(17(3)4)15-11-6-5-8-12-18-13-9-7-10-14-18/h16-18H,5-15H2,1-4H3. The molecule has 0 amide bonds. The SMILES string of the molecule is CC(C)N(CCCCCCC1CCCCC1)C(C)C.